The summed E-state index contributed by atoms with van der Waals surface area (Å²) in [6.45, 7) is 3.99. The number of aliphatic carboxylic acids is 1. The molecule has 0 saturated carbocycles. The van der Waals surface area contributed by atoms with Gasteiger partial charge in [-0.3, -0.25) is 4.79 Å². The molecule has 2 aromatic rings. The highest BCUT2D eigenvalue weighted by molar-refractivity contribution is 7.89. The minimum atomic E-state index is -4.41. The van der Waals surface area contributed by atoms with E-state index in [-0.39, 0.29) is 17.1 Å². The first-order chi connectivity index (χ1) is 14.2. The van der Waals surface area contributed by atoms with Crippen molar-refractivity contribution in [3.05, 3.63) is 64.7 Å². The number of rotatable bonds is 6. The molecule has 160 valence electrons. The molecule has 0 aromatic heterocycles. The smallest absolute Gasteiger partial charge is 0.328 e. The van der Waals surface area contributed by atoms with Crippen LogP contribution in [0.25, 0.3) is 0 Å². The molecule has 2 N–H and O–H groups in total. The zero-order valence-electron chi connectivity index (χ0n) is 16.7. The summed E-state index contributed by atoms with van der Waals surface area (Å²) in [5.41, 5.74) is 3.57. The Labute approximate surface area is 181 Å². The van der Waals surface area contributed by atoms with Crippen LogP contribution in [0.2, 0.25) is 0 Å². The first-order valence-corrected chi connectivity index (χ1v) is 11.5. The summed E-state index contributed by atoms with van der Waals surface area (Å²) in [6, 6.07) is 9.55. The number of aryl methyl sites for hydroxylation is 2. The number of carboxylic acids is 1. The minimum Gasteiger partial charge on any atom is -0.480 e. The molecule has 30 heavy (non-hydrogen) atoms. The number of nitrogens with one attached hydrogen (secondary N) is 1. The molecule has 2 atom stereocenters. The lowest BCUT2D eigenvalue weighted by molar-refractivity contribution is -0.145. The second-order valence-corrected chi connectivity index (χ2v) is 9.51. The van der Waals surface area contributed by atoms with Crippen molar-refractivity contribution in [1.29, 1.82) is 0 Å². The van der Waals surface area contributed by atoms with Gasteiger partial charge in [0.2, 0.25) is 0 Å². The first kappa shape index (κ1) is 22.3. The van der Waals surface area contributed by atoms with Crippen LogP contribution < -0.4 is 5.32 Å². The van der Waals surface area contributed by atoms with Crippen LogP contribution in [-0.4, -0.2) is 47.5 Å². The third-order valence-electron chi connectivity index (χ3n) is 5.37. The predicted molar refractivity (Wildman–Crippen MR) is 116 cm³/mol. The van der Waals surface area contributed by atoms with Gasteiger partial charge in [0.15, 0.2) is 6.04 Å². The van der Waals surface area contributed by atoms with E-state index in [4.69, 9.17) is 0 Å². The normalized spacial score (nSPS) is 17.1. The number of hydrogen-bond acceptors (Lipinski definition) is 6. The molecule has 2 aromatic carbocycles. The molecule has 0 fully saturated rings. The van der Waals surface area contributed by atoms with Crippen LogP contribution in [0.5, 0.6) is 0 Å². The van der Waals surface area contributed by atoms with Gasteiger partial charge in [-0.15, -0.1) is 0 Å². The fourth-order valence-corrected chi connectivity index (χ4v) is 5.55. The number of thiol groups is 1. The molecule has 0 radical (unpaired) electrons. The van der Waals surface area contributed by atoms with Crippen LogP contribution in [0, 0.1) is 13.8 Å². The standard InChI is InChI=1S/C21H24N2O5S2/c1-13-7-8-17(9-14(13)2)30(27,28)23(19(12-29)21(25)26)20(24)18-10-15-5-3-4-6-16(15)11-22-18/h3-9,18-19,22,29H,10-12H2,1-2H3,(H,25,26)/t18-,19-/m0/s1. The maximum Gasteiger partial charge on any atom is 0.328 e. The molecule has 0 bridgehead atoms. The number of carboxylic acid groups (broad SMARTS) is 1. The highest BCUT2D eigenvalue weighted by Crippen LogP contribution is 2.25. The van der Waals surface area contributed by atoms with Crippen LogP contribution >= 0.6 is 12.6 Å². The zero-order valence-corrected chi connectivity index (χ0v) is 18.4. The first-order valence-electron chi connectivity index (χ1n) is 9.46. The maximum atomic E-state index is 13.4. The Hall–Kier alpha value is -2.36. The molecular weight excluding hydrogens is 424 g/mol. The van der Waals surface area contributed by atoms with Crippen LogP contribution in [0.1, 0.15) is 22.3 Å². The highest BCUT2D eigenvalue weighted by Gasteiger charge is 2.42. The van der Waals surface area contributed by atoms with Gasteiger partial charge in [-0.05, 0) is 54.7 Å². The van der Waals surface area contributed by atoms with Crippen LogP contribution in [0.3, 0.4) is 0 Å². The molecule has 7 nitrogen and oxygen atoms in total. The molecule has 1 heterocycles. The van der Waals surface area contributed by atoms with Crippen molar-refractivity contribution < 1.29 is 23.1 Å². The molecule has 1 aliphatic rings. The third-order valence-corrected chi connectivity index (χ3v) is 7.52. The van der Waals surface area contributed by atoms with Gasteiger partial charge >= 0.3 is 5.97 Å². The molecule has 0 saturated heterocycles. The molecular formula is C21H24N2O5S2. The van der Waals surface area contributed by atoms with Crippen molar-refractivity contribution in [2.75, 3.05) is 5.75 Å². The van der Waals surface area contributed by atoms with E-state index in [1.165, 1.54) is 12.1 Å². The summed E-state index contributed by atoms with van der Waals surface area (Å²) in [6.07, 6.45) is 0.271. The fourth-order valence-electron chi connectivity index (χ4n) is 3.46. The van der Waals surface area contributed by atoms with Gasteiger partial charge in [0.1, 0.15) is 0 Å². The van der Waals surface area contributed by atoms with Gasteiger partial charge in [0.05, 0.1) is 10.9 Å². The number of nitrogens with zero attached hydrogens (tertiary/aromatic N) is 1. The second-order valence-electron chi connectivity index (χ2n) is 7.33. The predicted octanol–water partition coefficient (Wildman–Crippen LogP) is 1.92. The Bertz CT molecular complexity index is 1080. The summed E-state index contributed by atoms with van der Waals surface area (Å²) in [7, 11) is -4.41. The SMILES string of the molecule is Cc1ccc(S(=O)(=O)N(C(=O)[C@@H]2Cc3ccccc3CN2)[C@@H](CS)C(=O)O)cc1C. The van der Waals surface area contributed by atoms with Gasteiger partial charge in [0.25, 0.3) is 15.9 Å². The van der Waals surface area contributed by atoms with Gasteiger partial charge < -0.3 is 10.4 Å². The Morgan fingerprint density at radius 2 is 1.83 bits per heavy atom. The van der Waals surface area contributed by atoms with Crippen molar-refractivity contribution >= 4 is 34.5 Å². The molecule has 1 aliphatic heterocycles. The highest BCUT2D eigenvalue weighted by atomic mass is 32.2. The Kier molecular flexibility index (Phi) is 6.54. The minimum absolute atomic E-state index is 0.122. The average Bonchev–Trinajstić information content (AvgIpc) is 2.72. The number of carbonyl (C=O) groups excluding carboxylic acids is 1. The monoisotopic (exact) mass is 448 g/mol. The fraction of sp³-hybridized carbons (Fsp3) is 0.333. The van der Waals surface area contributed by atoms with Crippen LogP contribution in [0.15, 0.2) is 47.4 Å². The Morgan fingerprint density at radius 1 is 1.17 bits per heavy atom. The number of sulfonamides is 1. The topological polar surface area (TPSA) is 104 Å². The quantitative estimate of drug-likeness (QED) is 0.584. The van der Waals surface area contributed by atoms with E-state index in [2.05, 4.69) is 17.9 Å². The van der Waals surface area contributed by atoms with E-state index in [0.717, 1.165) is 22.3 Å². The number of carbonyl (C=O) groups is 2. The van der Waals surface area contributed by atoms with E-state index in [1.807, 2.05) is 31.2 Å². The summed E-state index contributed by atoms with van der Waals surface area (Å²) >= 11 is 4.02. The van der Waals surface area contributed by atoms with Crippen molar-refractivity contribution in [2.24, 2.45) is 0 Å². The Balaban J connectivity index is 2.03. The number of fused-ring (bicyclic) bond motifs is 1. The number of amides is 1. The zero-order chi connectivity index (χ0) is 22.1. The van der Waals surface area contributed by atoms with E-state index in [1.54, 1.807) is 13.0 Å². The average molecular weight is 449 g/mol. The molecule has 3 rings (SSSR count). The van der Waals surface area contributed by atoms with Gasteiger partial charge in [0, 0.05) is 12.3 Å². The van der Waals surface area contributed by atoms with Gasteiger partial charge in [-0.25, -0.2) is 17.5 Å². The van der Waals surface area contributed by atoms with E-state index >= 15 is 0 Å². The van der Waals surface area contributed by atoms with E-state index in [0.29, 0.717) is 10.8 Å². The summed E-state index contributed by atoms with van der Waals surface area (Å²) in [4.78, 5) is 25.1. The summed E-state index contributed by atoms with van der Waals surface area (Å²) in [5.74, 6) is -2.57. The van der Waals surface area contributed by atoms with Gasteiger partial charge in [-0.2, -0.15) is 12.6 Å². The van der Waals surface area contributed by atoms with Crippen molar-refractivity contribution in [2.45, 2.75) is 43.8 Å². The Morgan fingerprint density at radius 3 is 2.43 bits per heavy atom. The van der Waals surface area contributed by atoms with Crippen molar-refractivity contribution in [1.82, 2.24) is 9.62 Å². The third kappa shape index (κ3) is 4.23. The summed E-state index contributed by atoms with van der Waals surface area (Å²) in [5, 5.41) is 12.7. The molecule has 9 heteroatoms. The second kappa shape index (κ2) is 8.79. The van der Waals surface area contributed by atoms with Gasteiger partial charge in [-0.1, -0.05) is 30.3 Å². The lowest BCUT2D eigenvalue weighted by atomic mass is 9.95. The van der Waals surface area contributed by atoms with Crippen molar-refractivity contribution in [3.63, 3.8) is 0 Å². The largest absolute Gasteiger partial charge is 0.480 e. The molecule has 0 unspecified atom stereocenters. The van der Waals surface area contributed by atoms with Crippen molar-refractivity contribution in [3.8, 4) is 0 Å². The molecule has 1 amide bonds. The molecule has 0 spiro atoms. The number of hydrogen-bond donors (Lipinski definition) is 3. The van der Waals surface area contributed by atoms with E-state index in [9.17, 15) is 23.1 Å². The van der Waals surface area contributed by atoms with Crippen LogP contribution in [-0.2, 0) is 32.6 Å². The lowest BCUT2D eigenvalue weighted by Gasteiger charge is -2.33. The number of benzene rings is 2. The lowest BCUT2D eigenvalue weighted by Crippen LogP contribution is -2.57. The van der Waals surface area contributed by atoms with E-state index < -0.39 is 34.0 Å². The molecule has 0 aliphatic carbocycles. The summed E-state index contributed by atoms with van der Waals surface area (Å²) < 4.78 is 27.3. The maximum absolute atomic E-state index is 13.4. The van der Waals surface area contributed by atoms with Crippen LogP contribution in [0.4, 0.5) is 0 Å².